The zero-order valence-electron chi connectivity index (χ0n) is 12.9. The van der Waals surface area contributed by atoms with Gasteiger partial charge >= 0.3 is 11.8 Å². The zero-order valence-corrected chi connectivity index (χ0v) is 12.9. The number of carbonyl (C=O) groups excluding carboxylic acids is 2. The van der Waals surface area contributed by atoms with Gasteiger partial charge in [-0.3, -0.25) is 9.59 Å². The lowest BCUT2D eigenvalue weighted by molar-refractivity contribution is -0.139. The van der Waals surface area contributed by atoms with E-state index in [4.69, 9.17) is 4.74 Å². The van der Waals surface area contributed by atoms with E-state index in [0.717, 1.165) is 0 Å². The van der Waals surface area contributed by atoms with Crippen molar-refractivity contribution in [2.45, 2.75) is 20.8 Å². The molecule has 0 aromatic heterocycles. The van der Waals surface area contributed by atoms with Crippen LogP contribution >= 0.6 is 0 Å². The third kappa shape index (κ3) is 5.82. The number of hydrazone groups is 1. The molecule has 0 aliphatic heterocycles. The fourth-order valence-electron chi connectivity index (χ4n) is 1.48. The quantitative estimate of drug-likeness (QED) is 0.415. The Bertz CT molecular complexity index is 556. The Hall–Kier alpha value is -2.57. The Morgan fingerprint density at radius 1 is 1.36 bits per heavy atom. The van der Waals surface area contributed by atoms with Crippen LogP contribution in [0.4, 0.5) is 0 Å². The molecular formula is C15H21N3O4. The minimum absolute atomic E-state index is 0.0242. The molecule has 2 amide bonds. The molecule has 0 aliphatic rings. The van der Waals surface area contributed by atoms with Gasteiger partial charge < -0.3 is 15.2 Å². The van der Waals surface area contributed by atoms with Crippen LogP contribution in [0.25, 0.3) is 0 Å². The molecule has 7 nitrogen and oxygen atoms in total. The monoisotopic (exact) mass is 307 g/mol. The van der Waals surface area contributed by atoms with Crippen molar-refractivity contribution < 1.29 is 19.4 Å². The van der Waals surface area contributed by atoms with Crippen molar-refractivity contribution >= 4 is 18.0 Å². The maximum Gasteiger partial charge on any atom is 0.329 e. The minimum atomic E-state index is -0.833. The first kappa shape index (κ1) is 17.5. The number of hydrogen-bond donors (Lipinski definition) is 3. The summed E-state index contributed by atoms with van der Waals surface area (Å²) in [6.45, 7) is 6.50. The predicted molar refractivity (Wildman–Crippen MR) is 82.9 cm³/mol. The first-order valence-corrected chi connectivity index (χ1v) is 7.01. The molecule has 3 N–H and O–H groups in total. The molecule has 0 heterocycles. The lowest BCUT2D eigenvalue weighted by Gasteiger charge is -2.06. The fraction of sp³-hybridized carbons (Fsp3) is 0.400. The molecule has 0 spiro atoms. The normalized spacial score (nSPS) is 10.7. The molecule has 1 aromatic carbocycles. The van der Waals surface area contributed by atoms with Gasteiger partial charge in [-0.25, -0.2) is 5.43 Å². The van der Waals surface area contributed by atoms with Crippen LogP contribution in [-0.2, 0) is 9.59 Å². The largest absolute Gasteiger partial charge is 0.504 e. The number of nitrogens with zero attached hydrogens (tertiary/aromatic N) is 1. The van der Waals surface area contributed by atoms with Gasteiger partial charge in [0.1, 0.15) is 0 Å². The standard InChI is InChI=1S/C15H21N3O4/c1-4-22-13-7-11(5-6-12(13)19)9-17-18-15(21)14(20)16-8-10(2)3/h5-7,9-10,19H,4,8H2,1-3H3,(H,16,20)(H,18,21)/b17-9+. The SMILES string of the molecule is CCOc1cc(/C=N/NC(=O)C(=O)NCC(C)C)ccc1O. The minimum Gasteiger partial charge on any atom is -0.504 e. The second-order valence-corrected chi connectivity index (χ2v) is 4.96. The van der Waals surface area contributed by atoms with Gasteiger partial charge in [0.25, 0.3) is 0 Å². The predicted octanol–water partition coefficient (Wildman–Crippen LogP) is 1.01. The Morgan fingerprint density at radius 2 is 2.09 bits per heavy atom. The van der Waals surface area contributed by atoms with Gasteiger partial charge in [-0.05, 0) is 36.6 Å². The van der Waals surface area contributed by atoms with Gasteiger partial charge in [-0.2, -0.15) is 5.10 Å². The molecule has 0 saturated heterocycles. The van der Waals surface area contributed by atoms with Gasteiger partial charge in [0.15, 0.2) is 11.5 Å². The summed E-state index contributed by atoms with van der Waals surface area (Å²) < 4.78 is 5.23. The molecule has 0 saturated carbocycles. The fourth-order valence-corrected chi connectivity index (χ4v) is 1.48. The summed E-state index contributed by atoms with van der Waals surface area (Å²) in [7, 11) is 0. The van der Waals surface area contributed by atoms with Crippen LogP contribution in [0.3, 0.4) is 0 Å². The van der Waals surface area contributed by atoms with E-state index in [0.29, 0.717) is 24.5 Å². The van der Waals surface area contributed by atoms with Crippen LogP contribution in [-0.4, -0.2) is 36.3 Å². The highest BCUT2D eigenvalue weighted by Crippen LogP contribution is 2.26. The number of benzene rings is 1. The lowest BCUT2D eigenvalue weighted by Crippen LogP contribution is -2.39. The van der Waals surface area contributed by atoms with Crippen molar-refractivity contribution in [3.8, 4) is 11.5 Å². The van der Waals surface area contributed by atoms with Crippen LogP contribution in [0.1, 0.15) is 26.3 Å². The van der Waals surface area contributed by atoms with E-state index in [9.17, 15) is 14.7 Å². The Kier molecular flexibility index (Phi) is 6.88. The Morgan fingerprint density at radius 3 is 2.73 bits per heavy atom. The number of amides is 2. The number of phenolic OH excluding ortho intramolecular Hbond substituents is 1. The molecule has 1 aromatic rings. The van der Waals surface area contributed by atoms with Crippen molar-refractivity contribution in [1.82, 2.24) is 10.7 Å². The molecule has 0 unspecified atom stereocenters. The number of nitrogens with one attached hydrogen (secondary N) is 2. The van der Waals surface area contributed by atoms with E-state index in [1.54, 1.807) is 19.1 Å². The number of ether oxygens (including phenoxy) is 1. The molecule has 0 radical (unpaired) electrons. The van der Waals surface area contributed by atoms with E-state index < -0.39 is 11.8 Å². The van der Waals surface area contributed by atoms with Gasteiger partial charge in [-0.1, -0.05) is 13.8 Å². The van der Waals surface area contributed by atoms with Crippen LogP contribution < -0.4 is 15.5 Å². The number of phenols is 1. The summed E-state index contributed by atoms with van der Waals surface area (Å²) in [4.78, 5) is 22.9. The van der Waals surface area contributed by atoms with E-state index in [1.165, 1.54) is 12.3 Å². The van der Waals surface area contributed by atoms with Gasteiger partial charge in [-0.15, -0.1) is 0 Å². The van der Waals surface area contributed by atoms with Crippen LogP contribution in [0, 0.1) is 5.92 Å². The van der Waals surface area contributed by atoms with E-state index in [2.05, 4.69) is 15.8 Å². The highest BCUT2D eigenvalue weighted by atomic mass is 16.5. The van der Waals surface area contributed by atoms with Gasteiger partial charge in [0.05, 0.1) is 12.8 Å². The topological polar surface area (TPSA) is 100 Å². The number of rotatable bonds is 6. The van der Waals surface area contributed by atoms with Gasteiger partial charge in [0, 0.05) is 6.54 Å². The smallest absolute Gasteiger partial charge is 0.329 e. The summed E-state index contributed by atoms with van der Waals surface area (Å²) in [5.41, 5.74) is 2.75. The molecule has 1 rings (SSSR count). The summed E-state index contributed by atoms with van der Waals surface area (Å²) in [5, 5.41) is 15.7. The maximum absolute atomic E-state index is 11.5. The van der Waals surface area contributed by atoms with E-state index >= 15 is 0 Å². The highest BCUT2D eigenvalue weighted by molar-refractivity contribution is 6.35. The third-order valence-electron chi connectivity index (χ3n) is 2.54. The van der Waals surface area contributed by atoms with Crippen LogP contribution in [0.2, 0.25) is 0 Å². The molecular weight excluding hydrogens is 286 g/mol. The van der Waals surface area contributed by atoms with Crippen molar-refractivity contribution in [2.24, 2.45) is 11.0 Å². The Labute approximate surface area is 129 Å². The highest BCUT2D eigenvalue weighted by Gasteiger charge is 2.12. The molecule has 120 valence electrons. The zero-order chi connectivity index (χ0) is 16.5. The van der Waals surface area contributed by atoms with Crippen molar-refractivity contribution in [2.75, 3.05) is 13.2 Å². The summed E-state index contributed by atoms with van der Waals surface area (Å²) in [5.74, 6) is -0.954. The van der Waals surface area contributed by atoms with Crippen LogP contribution in [0.15, 0.2) is 23.3 Å². The van der Waals surface area contributed by atoms with Gasteiger partial charge in [0.2, 0.25) is 0 Å². The molecule has 22 heavy (non-hydrogen) atoms. The molecule has 0 aliphatic carbocycles. The number of carbonyl (C=O) groups is 2. The van der Waals surface area contributed by atoms with E-state index in [1.807, 2.05) is 13.8 Å². The first-order chi connectivity index (χ1) is 10.4. The molecule has 0 atom stereocenters. The lowest BCUT2D eigenvalue weighted by atomic mass is 10.2. The summed E-state index contributed by atoms with van der Waals surface area (Å²) in [6, 6.07) is 4.64. The number of aromatic hydroxyl groups is 1. The Balaban J connectivity index is 2.56. The van der Waals surface area contributed by atoms with Crippen LogP contribution in [0.5, 0.6) is 11.5 Å². The summed E-state index contributed by atoms with van der Waals surface area (Å²) in [6.07, 6.45) is 1.36. The van der Waals surface area contributed by atoms with E-state index in [-0.39, 0.29) is 11.7 Å². The maximum atomic E-state index is 11.5. The van der Waals surface area contributed by atoms with Crippen molar-refractivity contribution in [3.05, 3.63) is 23.8 Å². The summed E-state index contributed by atoms with van der Waals surface area (Å²) >= 11 is 0. The average Bonchev–Trinajstić information content (AvgIpc) is 2.48. The third-order valence-corrected chi connectivity index (χ3v) is 2.54. The first-order valence-electron chi connectivity index (χ1n) is 7.01. The molecule has 7 heteroatoms. The number of hydrogen-bond acceptors (Lipinski definition) is 5. The second kappa shape index (κ2) is 8.66. The average molecular weight is 307 g/mol. The van der Waals surface area contributed by atoms with Crippen molar-refractivity contribution in [3.63, 3.8) is 0 Å². The molecule has 0 fully saturated rings. The second-order valence-electron chi connectivity index (χ2n) is 4.96. The molecule has 0 bridgehead atoms. The van der Waals surface area contributed by atoms with Crippen molar-refractivity contribution in [1.29, 1.82) is 0 Å².